The first-order chi connectivity index (χ1) is 43.0. The van der Waals surface area contributed by atoms with Crippen molar-refractivity contribution in [1.29, 1.82) is 0 Å². The molecule has 87 heavy (non-hydrogen) atoms. The van der Waals surface area contributed by atoms with Crippen LogP contribution in [0.1, 0.15) is 33.4 Å². The Morgan fingerprint density at radius 1 is 0.310 bits per heavy atom. The molecule has 0 unspecified atom stereocenters. The van der Waals surface area contributed by atoms with Crippen LogP contribution in [-0.2, 0) is 5.41 Å². The van der Waals surface area contributed by atoms with E-state index in [2.05, 4.69) is 315 Å². The fourth-order valence-corrected chi connectivity index (χ4v) is 14.1. The average molecular weight is 1120 g/mol. The highest BCUT2D eigenvalue weighted by molar-refractivity contribution is 6.20. The lowest BCUT2D eigenvalue weighted by Crippen LogP contribution is -2.29. The first-order valence-corrected chi connectivity index (χ1v) is 29.7. The van der Waals surface area contributed by atoms with Crippen LogP contribution in [0, 0.1) is 13.8 Å². The molecule has 0 atom stereocenters. The van der Waals surface area contributed by atoms with E-state index >= 15 is 0 Å². The molecule has 0 amide bonds. The summed E-state index contributed by atoms with van der Waals surface area (Å²) in [6.45, 7) is 4.25. The van der Waals surface area contributed by atoms with Crippen LogP contribution < -0.4 is 9.80 Å². The molecule has 14 aromatic carbocycles. The number of para-hydroxylation sites is 2. The quantitative estimate of drug-likeness (QED) is 0.127. The summed E-state index contributed by atoms with van der Waals surface area (Å²) < 4.78 is 15.3. The van der Waals surface area contributed by atoms with E-state index < -0.39 is 5.41 Å². The maximum absolute atomic E-state index is 7.67. The Kier molecular flexibility index (Phi) is 11.5. The van der Waals surface area contributed by atoms with Crippen molar-refractivity contribution in [3.05, 3.63) is 325 Å². The van der Waals surface area contributed by atoms with Gasteiger partial charge in [0.1, 0.15) is 11.0 Å². The number of aromatic nitrogens is 2. The Bertz CT molecular complexity index is 5050. The molecule has 0 aliphatic heterocycles. The van der Waals surface area contributed by atoms with Crippen molar-refractivity contribution in [2.75, 3.05) is 9.80 Å². The number of anilines is 6. The predicted molar refractivity (Wildman–Crippen MR) is 359 cm³/mol. The van der Waals surface area contributed by atoms with Gasteiger partial charge < -0.3 is 18.6 Å². The van der Waals surface area contributed by atoms with Crippen LogP contribution in [0.25, 0.3) is 99.3 Å². The van der Waals surface area contributed by atoms with E-state index in [0.29, 0.717) is 34.0 Å². The molecule has 1 aliphatic carbocycles. The van der Waals surface area contributed by atoms with E-state index in [4.69, 9.17) is 18.8 Å². The van der Waals surface area contributed by atoms with Crippen LogP contribution in [-0.4, -0.2) is 9.97 Å². The van der Waals surface area contributed by atoms with Crippen molar-refractivity contribution in [2.45, 2.75) is 19.3 Å². The lowest BCUT2D eigenvalue weighted by molar-refractivity contribution is 0.616. The third-order valence-electron chi connectivity index (χ3n) is 18.0. The topological polar surface area (TPSA) is 58.5 Å². The van der Waals surface area contributed by atoms with Gasteiger partial charge in [0.15, 0.2) is 11.2 Å². The number of rotatable bonds is 10. The molecule has 0 fully saturated rings. The summed E-state index contributed by atoms with van der Waals surface area (Å²) in [5.41, 5.74) is 17.3. The van der Waals surface area contributed by atoms with Crippen molar-refractivity contribution < 1.29 is 8.83 Å². The summed E-state index contributed by atoms with van der Waals surface area (Å²) in [5.74, 6) is 1.05. The van der Waals surface area contributed by atoms with Gasteiger partial charge in [-0.15, -0.1) is 0 Å². The van der Waals surface area contributed by atoms with Crippen LogP contribution in [0.4, 0.5) is 34.1 Å². The minimum atomic E-state index is -1.02. The summed E-state index contributed by atoms with van der Waals surface area (Å²) >= 11 is 0. The molecule has 2 aromatic heterocycles. The number of hydrogen-bond donors (Lipinski definition) is 0. The maximum atomic E-state index is 7.67. The van der Waals surface area contributed by atoms with Crippen molar-refractivity contribution >= 4 is 99.4 Å². The van der Waals surface area contributed by atoms with Crippen molar-refractivity contribution in [3.63, 3.8) is 0 Å². The van der Waals surface area contributed by atoms with Gasteiger partial charge in [0.2, 0.25) is 11.8 Å². The van der Waals surface area contributed by atoms with Gasteiger partial charge in [0.05, 0.1) is 28.2 Å². The van der Waals surface area contributed by atoms with Gasteiger partial charge in [0.25, 0.3) is 0 Å². The van der Waals surface area contributed by atoms with Crippen molar-refractivity contribution in [3.8, 4) is 34.0 Å². The summed E-state index contributed by atoms with van der Waals surface area (Å²) in [6.07, 6.45) is 0. The standard InChI is InChI=1S/C81H54N4O2/c1-51-27-15-19-39-59(51)79-82-75-71(84(57-35-11-5-12-36-57)69-47-53-29-17-21-41-61(53)63-43-23-25-45-65(63)69)49-67-73(77(75)86-79)74-68(81(67,55-31-7-3-8-32-55)56-33-9-4-10-34-56)50-72(76-78(74)87-80(83-76)60-40-20-16-28-52(60)2)85(58-37-13-6-14-38-58)70-48-54-30-18-22-42-62(54)64-44-24-26-46-66(64)70/h3-50H,1-2H3. The number of oxazole rings is 2. The first kappa shape index (κ1) is 50.2. The van der Waals surface area contributed by atoms with Gasteiger partial charge in [0, 0.05) is 44.4 Å². The third kappa shape index (κ3) is 7.67. The normalized spacial score (nSPS) is 12.6. The van der Waals surface area contributed by atoms with Crippen LogP contribution in [0.15, 0.2) is 300 Å². The zero-order valence-electron chi connectivity index (χ0n) is 47.8. The van der Waals surface area contributed by atoms with E-state index in [1.165, 1.54) is 10.8 Å². The molecule has 0 saturated heterocycles. The highest BCUT2D eigenvalue weighted by atomic mass is 16.4. The molecule has 6 heteroatoms. The second-order valence-corrected chi connectivity index (χ2v) is 22.8. The summed E-state index contributed by atoms with van der Waals surface area (Å²) in [4.78, 5) is 16.4. The average Bonchev–Trinajstić information content (AvgIpc) is 1.53. The van der Waals surface area contributed by atoms with Crippen LogP contribution in [0.5, 0.6) is 0 Å². The van der Waals surface area contributed by atoms with E-state index in [1.54, 1.807) is 0 Å². The van der Waals surface area contributed by atoms with Crippen molar-refractivity contribution in [1.82, 2.24) is 9.97 Å². The van der Waals surface area contributed by atoms with E-state index in [0.717, 1.165) is 122 Å². The van der Waals surface area contributed by atoms with Gasteiger partial charge in [-0.3, -0.25) is 0 Å². The van der Waals surface area contributed by atoms with E-state index in [-0.39, 0.29) is 0 Å². The molecule has 2 heterocycles. The fourth-order valence-electron chi connectivity index (χ4n) is 14.1. The fraction of sp³-hybridized carbons (Fsp3) is 0.0370. The molecule has 0 bridgehead atoms. The lowest BCUT2D eigenvalue weighted by atomic mass is 9.67. The predicted octanol–water partition coefficient (Wildman–Crippen LogP) is 21.8. The van der Waals surface area contributed by atoms with E-state index in [9.17, 15) is 0 Å². The Labute approximate surface area is 503 Å². The number of benzene rings is 14. The van der Waals surface area contributed by atoms with Gasteiger partial charge in [-0.25, -0.2) is 9.97 Å². The molecule has 16 aromatic rings. The maximum Gasteiger partial charge on any atom is 0.227 e. The molecule has 0 saturated carbocycles. The van der Waals surface area contributed by atoms with Gasteiger partial charge >= 0.3 is 0 Å². The lowest BCUT2D eigenvalue weighted by Gasteiger charge is -2.36. The molecule has 0 radical (unpaired) electrons. The smallest absolute Gasteiger partial charge is 0.227 e. The number of nitrogens with zero attached hydrogens (tertiary/aromatic N) is 4. The SMILES string of the molecule is Cc1ccccc1-c1nc2c(N(c3ccccc3)c3cc4ccccc4c4ccccc34)cc3c(c2o1)-c1c(cc(N(c2ccccc2)c2cc4ccccc4c4ccccc24)c2nc(-c4ccccc4C)oc12)C3(c1ccccc1)c1ccccc1. The monoisotopic (exact) mass is 1110 g/mol. The number of hydrogen-bond acceptors (Lipinski definition) is 6. The van der Waals surface area contributed by atoms with Gasteiger partial charge in [-0.2, -0.15) is 0 Å². The summed E-state index contributed by atoms with van der Waals surface area (Å²) in [7, 11) is 0. The number of fused-ring (bicyclic) bond motifs is 13. The summed E-state index contributed by atoms with van der Waals surface area (Å²) in [5, 5.41) is 9.17. The van der Waals surface area contributed by atoms with Crippen LogP contribution in [0.3, 0.4) is 0 Å². The Balaban J connectivity index is 1.08. The highest BCUT2D eigenvalue weighted by Gasteiger charge is 2.51. The van der Waals surface area contributed by atoms with Crippen molar-refractivity contribution in [2.24, 2.45) is 0 Å². The molecule has 0 spiro atoms. The molecule has 17 rings (SSSR count). The van der Waals surface area contributed by atoms with E-state index in [1.807, 2.05) is 0 Å². The second-order valence-electron chi connectivity index (χ2n) is 22.8. The zero-order valence-corrected chi connectivity index (χ0v) is 47.8. The molecule has 6 nitrogen and oxygen atoms in total. The van der Waals surface area contributed by atoms with Crippen LogP contribution >= 0.6 is 0 Å². The Morgan fingerprint density at radius 2 is 0.644 bits per heavy atom. The molecule has 1 aliphatic rings. The Morgan fingerprint density at radius 3 is 1.05 bits per heavy atom. The number of aryl methyl sites for hydroxylation is 2. The highest BCUT2D eigenvalue weighted by Crippen LogP contribution is 2.64. The zero-order chi connectivity index (χ0) is 57.7. The van der Waals surface area contributed by atoms with Crippen LogP contribution in [0.2, 0.25) is 0 Å². The minimum absolute atomic E-state index is 0.525. The molecular weight excluding hydrogens is 1060 g/mol. The molecule has 410 valence electrons. The third-order valence-corrected chi connectivity index (χ3v) is 18.0. The largest absolute Gasteiger partial charge is 0.435 e. The minimum Gasteiger partial charge on any atom is -0.435 e. The van der Waals surface area contributed by atoms with Gasteiger partial charge in [-0.1, -0.05) is 231 Å². The molecule has 0 N–H and O–H groups in total. The Hall–Kier alpha value is -11.3. The molecular formula is C81H54N4O2. The van der Waals surface area contributed by atoms with Gasteiger partial charge in [-0.05, 0) is 140 Å². The first-order valence-electron chi connectivity index (χ1n) is 29.7. The second kappa shape index (κ2) is 19.9. The summed E-state index contributed by atoms with van der Waals surface area (Å²) in [6, 6.07) is 105.